The second kappa shape index (κ2) is 5.66. The van der Waals surface area contributed by atoms with Gasteiger partial charge in [0.2, 0.25) is 0 Å². The van der Waals surface area contributed by atoms with Crippen LogP contribution in [-0.4, -0.2) is 30.1 Å². The Bertz CT molecular complexity index is 548. The van der Waals surface area contributed by atoms with E-state index in [1.165, 1.54) is 0 Å². The summed E-state index contributed by atoms with van der Waals surface area (Å²) in [7, 11) is 0. The molecule has 0 unspecified atom stereocenters. The maximum Gasteiger partial charge on any atom is 0.431 e. The van der Waals surface area contributed by atoms with Crippen LogP contribution >= 0.6 is 0 Å². The Balaban J connectivity index is 2.04. The summed E-state index contributed by atoms with van der Waals surface area (Å²) in [5.74, 6) is -0.713. The van der Waals surface area contributed by atoms with Crippen LogP contribution < -0.4 is 10.9 Å². The van der Waals surface area contributed by atoms with E-state index < -0.39 is 23.3 Å². The molecule has 0 bridgehead atoms. The van der Waals surface area contributed by atoms with Crippen LogP contribution in [0, 0.1) is 0 Å². The third kappa shape index (κ3) is 3.38. The molecule has 5 nitrogen and oxygen atoms in total. The molecule has 0 saturated carbocycles. The van der Waals surface area contributed by atoms with Gasteiger partial charge < -0.3 is 15.0 Å². The Morgan fingerprint density at radius 1 is 1.45 bits per heavy atom. The summed E-state index contributed by atoms with van der Waals surface area (Å²) >= 11 is 0. The Labute approximate surface area is 112 Å². The summed E-state index contributed by atoms with van der Waals surface area (Å²) in [6.07, 6.45) is -3.04. The van der Waals surface area contributed by atoms with Gasteiger partial charge in [0.15, 0.2) is 0 Å². The van der Waals surface area contributed by atoms with Gasteiger partial charge in [-0.1, -0.05) is 0 Å². The van der Waals surface area contributed by atoms with E-state index in [9.17, 15) is 22.8 Å². The topological polar surface area (TPSA) is 71.2 Å². The van der Waals surface area contributed by atoms with Crippen LogP contribution in [0.5, 0.6) is 0 Å². The lowest BCUT2D eigenvalue weighted by molar-refractivity contribution is -0.141. The molecule has 0 spiro atoms. The normalized spacial score (nSPS) is 19.1. The van der Waals surface area contributed by atoms with E-state index in [0.29, 0.717) is 12.7 Å². The Morgan fingerprint density at radius 2 is 2.20 bits per heavy atom. The standard InChI is InChI=1S/C12H13F3N2O3/c13-12(14,15)9-4-3-8(11(19)17-9)10(18)16-6-7-2-1-5-20-7/h3-4,7H,1-2,5-6H2,(H,16,18)(H,17,19)/t7-/m1/s1. The van der Waals surface area contributed by atoms with Gasteiger partial charge in [0.05, 0.1) is 6.10 Å². The summed E-state index contributed by atoms with van der Waals surface area (Å²) in [5, 5.41) is 2.47. The minimum atomic E-state index is -4.65. The number of alkyl halides is 3. The summed E-state index contributed by atoms with van der Waals surface area (Å²) < 4.78 is 42.4. The Kier molecular flexibility index (Phi) is 4.12. The molecule has 2 rings (SSSR count). The molecular weight excluding hydrogens is 277 g/mol. The fraction of sp³-hybridized carbons (Fsp3) is 0.500. The quantitative estimate of drug-likeness (QED) is 0.881. The lowest BCUT2D eigenvalue weighted by Gasteiger charge is -2.11. The molecule has 1 aliphatic rings. The van der Waals surface area contributed by atoms with E-state index >= 15 is 0 Å². The number of halogens is 3. The fourth-order valence-electron chi connectivity index (χ4n) is 1.92. The number of aromatic amines is 1. The molecular formula is C12H13F3N2O3. The summed E-state index contributed by atoms with van der Waals surface area (Å²) in [4.78, 5) is 24.8. The largest absolute Gasteiger partial charge is 0.431 e. The maximum absolute atomic E-state index is 12.4. The number of hydrogen-bond acceptors (Lipinski definition) is 3. The number of nitrogens with one attached hydrogen (secondary N) is 2. The van der Waals surface area contributed by atoms with Crippen molar-refractivity contribution in [1.82, 2.24) is 10.3 Å². The van der Waals surface area contributed by atoms with Gasteiger partial charge in [-0.2, -0.15) is 13.2 Å². The van der Waals surface area contributed by atoms with E-state index in [4.69, 9.17) is 4.74 Å². The summed E-state index contributed by atoms with van der Waals surface area (Å²) in [6.45, 7) is 0.862. The summed E-state index contributed by atoms with van der Waals surface area (Å²) in [6, 6.07) is 1.54. The SMILES string of the molecule is O=C(NC[C@H]1CCCO1)c1ccc(C(F)(F)F)[nH]c1=O. The molecule has 20 heavy (non-hydrogen) atoms. The molecule has 1 aliphatic heterocycles. The van der Waals surface area contributed by atoms with Crippen LogP contribution in [0.15, 0.2) is 16.9 Å². The number of rotatable bonds is 3. The number of carbonyl (C=O) groups excluding carboxylic acids is 1. The van der Waals surface area contributed by atoms with E-state index in [-0.39, 0.29) is 18.2 Å². The van der Waals surface area contributed by atoms with Crippen molar-refractivity contribution in [3.05, 3.63) is 33.7 Å². The molecule has 2 N–H and O–H groups in total. The number of H-pyrrole nitrogens is 1. The molecule has 1 fully saturated rings. The van der Waals surface area contributed by atoms with Crippen LogP contribution in [0.1, 0.15) is 28.9 Å². The van der Waals surface area contributed by atoms with Gasteiger partial charge >= 0.3 is 6.18 Å². The van der Waals surface area contributed by atoms with Crippen molar-refractivity contribution < 1.29 is 22.7 Å². The first-order chi connectivity index (χ1) is 9.38. The monoisotopic (exact) mass is 290 g/mol. The zero-order chi connectivity index (χ0) is 14.8. The smallest absolute Gasteiger partial charge is 0.376 e. The van der Waals surface area contributed by atoms with Crippen molar-refractivity contribution in [3.8, 4) is 0 Å². The molecule has 2 heterocycles. The van der Waals surface area contributed by atoms with Gasteiger partial charge in [-0.05, 0) is 25.0 Å². The van der Waals surface area contributed by atoms with Crippen molar-refractivity contribution >= 4 is 5.91 Å². The first kappa shape index (κ1) is 14.6. The molecule has 0 aromatic carbocycles. The predicted molar refractivity (Wildman–Crippen MR) is 63.4 cm³/mol. The van der Waals surface area contributed by atoms with Gasteiger partial charge in [-0.15, -0.1) is 0 Å². The number of hydrogen-bond donors (Lipinski definition) is 2. The van der Waals surface area contributed by atoms with Crippen molar-refractivity contribution in [3.63, 3.8) is 0 Å². The minimum Gasteiger partial charge on any atom is -0.376 e. The van der Waals surface area contributed by atoms with Crippen molar-refractivity contribution in [2.75, 3.05) is 13.2 Å². The highest BCUT2D eigenvalue weighted by atomic mass is 19.4. The second-order valence-electron chi connectivity index (χ2n) is 4.46. The predicted octanol–water partition coefficient (Wildman–Crippen LogP) is 1.30. The van der Waals surface area contributed by atoms with E-state index in [2.05, 4.69) is 5.32 Å². The molecule has 1 amide bonds. The lowest BCUT2D eigenvalue weighted by atomic mass is 10.2. The summed E-state index contributed by atoms with van der Waals surface area (Å²) in [5.41, 5.74) is -2.60. The number of pyridine rings is 1. The molecule has 1 aromatic rings. The maximum atomic E-state index is 12.4. The number of ether oxygens (including phenoxy) is 1. The lowest BCUT2D eigenvalue weighted by Crippen LogP contribution is -2.35. The first-order valence-corrected chi connectivity index (χ1v) is 6.08. The second-order valence-corrected chi connectivity index (χ2v) is 4.46. The van der Waals surface area contributed by atoms with Gasteiger partial charge in [-0.3, -0.25) is 9.59 Å². The number of amides is 1. The highest BCUT2D eigenvalue weighted by Crippen LogP contribution is 2.26. The van der Waals surface area contributed by atoms with Crippen LogP contribution in [0.4, 0.5) is 13.2 Å². The van der Waals surface area contributed by atoms with E-state index in [1.807, 2.05) is 0 Å². The average molecular weight is 290 g/mol. The molecule has 1 saturated heterocycles. The van der Waals surface area contributed by atoms with Crippen molar-refractivity contribution in [2.24, 2.45) is 0 Å². The fourth-order valence-corrected chi connectivity index (χ4v) is 1.92. The molecule has 1 atom stereocenters. The van der Waals surface area contributed by atoms with E-state index in [0.717, 1.165) is 18.9 Å². The Morgan fingerprint density at radius 3 is 2.75 bits per heavy atom. The highest BCUT2D eigenvalue weighted by molar-refractivity contribution is 5.93. The van der Waals surface area contributed by atoms with Crippen LogP contribution in [0.2, 0.25) is 0 Å². The molecule has 0 radical (unpaired) electrons. The first-order valence-electron chi connectivity index (χ1n) is 6.08. The van der Waals surface area contributed by atoms with Crippen LogP contribution in [-0.2, 0) is 10.9 Å². The van der Waals surface area contributed by atoms with Gasteiger partial charge in [-0.25, -0.2) is 0 Å². The van der Waals surface area contributed by atoms with Crippen LogP contribution in [0.25, 0.3) is 0 Å². The average Bonchev–Trinajstić information content (AvgIpc) is 2.87. The van der Waals surface area contributed by atoms with Crippen molar-refractivity contribution in [1.29, 1.82) is 0 Å². The molecule has 110 valence electrons. The van der Waals surface area contributed by atoms with Gasteiger partial charge in [0.25, 0.3) is 11.5 Å². The zero-order valence-electron chi connectivity index (χ0n) is 10.4. The van der Waals surface area contributed by atoms with Gasteiger partial charge in [0.1, 0.15) is 11.3 Å². The van der Waals surface area contributed by atoms with Crippen LogP contribution in [0.3, 0.4) is 0 Å². The molecule has 8 heteroatoms. The molecule has 0 aliphatic carbocycles. The Hall–Kier alpha value is -1.83. The van der Waals surface area contributed by atoms with Gasteiger partial charge in [0, 0.05) is 13.2 Å². The number of aromatic nitrogens is 1. The molecule has 1 aromatic heterocycles. The third-order valence-corrected chi connectivity index (χ3v) is 2.97. The van der Waals surface area contributed by atoms with E-state index in [1.54, 1.807) is 4.98 Å². The highest BCUT2D eigenvalue weighted by Gasteiger charge is 2.32. The third-order valence-electron chi connectivity index (χ3n) is 2.97. The number of carbonyl (C=O) groups is 1. The zero-order valence-corrected chi connectivity index (χ0v) is 10.4. The minimum absolute atomic E-state index is 0.104. The van der Waals surface area contributed by atoms with Crippen molar-refractivity contribution in [2.45, 2.75) is 25.1 Å².